The highest BCUT2D eigenvalue weighted by Gasteiger charge is 2.49. The van der Waals surface area contributed by atoms with Crippen LogP contribution in [0.5, 0.6) is 0 Å². The molecule has 7 heteroatoms. The lowest BCUT2D eigenvalue weighted by Crippen LogP contribution is -2.66. The molecule has 0 aromatic carbocycles. The Hall–Kier alpha value is -2.54. The normalized spacial score (nSPS) is 28.4. The molecule has 30 heavy (non-hydrogen) atoms. The second-order valence-corrected chi connectivity index (χ2v) is 9.00. The van der Waals surface area contributed by atoms with Crippen LogP contribution in [-0.4, -0.2) is 62.6 Å². The zero-order valence-corrected chi connectivity index (χ0v) is 17.7. The molecule has 5 rings (SSSR count). The highest BCUT2D eigenvalue weighted by Crippen LogP contribution is 2.42. The standard InChI is InChI=1S/C23H29N5O2/c1-14-6-7-18(15(2)25-14)19-8-9-24-23(26-19)27-11-16-10-17(12-27)21(13-29)28-20(16)4-3-5-22(28)30/h6-9,16-17,20-21,29H,3-5,10-13H2,1-2H3/t16-,17+,20+,21+/m1/s1. The zero-order chi connectivity index (χ0) is 20.8. The van der Waals surface area contributed by atoms with Gasteiger partial charge in [0.2, 0.25) is 11.9 Å². The van der Waals surface area contributed by atoms with Crippen molar-refractivity contribution in [3.8, 4) is 11.3 Å². The van der Waals surface area contributed by atoms with Gasteiger partial charge in [-0.3, -0.25) is 9.78 Å². The molecule has 3 saturated heterocycles. The van der Waals surface area contributed by atoms with Crippen LogP contribution in [0.15, 0.2) is 24.4 Å². The van der Waals surface area contributed by atoms with Crippen molar-refractivity contribution in [3.63, 3.8) is 0 Å². The smallest absolute Gasteiger partial charge is 0.225 e. The van der Waals surface area contributed by atoms with E-state index in [1.165, 1.54) is 0 Å². The van der Waals surface area contributed by atoms with E-state index in [4.69, 9.17) is 4.98 Å². The largest absolute Gasteiger partial charge is 0.394 e. The molecule has 5 heterocycles. The Balaban J connectivity index is 1.44. The maximum atomic E-state index is 12.6. The number of aromatic nitrogens is 3. The number of hydrogen-bond donors (Lipinski definition) is 1. The van der Waals surface area contributed by atoms with Crippen LogP contribution in [0.4, 0.5) is 5.95 Å². The first-order valence-electron chi connectivity index (χ1n) is 11.0. The molecule has 3 aliphatic heterocycles. The van der Waals surface area contributed by atoms with Crippen molar-refractivity contribution in [2.45, 2.75) is 51.6 Å². The third-order valence-electron chi connectivity index (χ3n) is 7.11. The first-order chi connectivity index (χ1) is 14.5. The number of piperidine rings is 3. The maximum Gasteiger partial charge on any atom is 0.225 e. The van der Waals surface area contributed by atoms with Gasteiger partial charge in [-0.1, -0.05) is 0 Å². The molecule has 2 aromatic rings. The van der Waals surface area contributed by atoms with Crippen LogP contribution in [0.25, 0.3) is 11.3 Å². The molecule has 0 spiro atoms. The summed E-state index contributed by atoms with van der Waals surface area (Å²) in [6.45, 7) is 5.66. The van der Waals surface area contributed by atoms with Gasteiger partial charge in [0.05, 0.1) is 18.3 Å². The number of nitrogens with zero attached hydrogens (tertiary/aromatic N) is 5. The molecule has 1 N–H and O–H groups in total. The summed E-state index contributed by atoms with van der Waals surface area (Å²) in [5.41, 5.74) is 3.87. The number of rotatable bonds is 3. The molecule has 2 aromatic heterocycles. The molecule has 0 aliphatic carbocycles. The van der Waals surface area contributed by atoms with Gasteiger partial charge in [-0.15, -0.1) is 0 Å². The van der Waals surface area contributed by atoms with Gasteiger partial charge >= 0.3 is 0 Å². The van der Waals surface area contributed by atoms with Crippen molar-refractivity contribution < 1.29 is 9.90 Å². The summed E-state index contributed by atoms with van der Waals surface area (Å²) in [6, 6.07) is 6.16. The molecule has 158 valence electrons. The predicted molar refractivity (Wildman–Crippen MR) is 114 cm³/mol. The fraction of sp³-hybridized carbons (Fsp3) is 0.565. The second-order valence-electron chi connectivity index (χ2n) is 9.00. The van der Waals surface area contributed by atoms with E-state index in [1.807, 2.05) is 37.1 Å². The molecule has 7 nitrogen and oxygen atoms in total. The van der Waals surface area contributed by atoms with Crippen molar-refractivity contribution in [2.24, 2.45) is 11.8 Å². The minimum atomic E-state index is -0.0893. The highest BCUT2D eigenvalue weighted by atomic mass is 16.3. The number of pyridine rings is 1. The lowest BCUT2D eigenvalue weighted by Gasteiger charge is -2.56. The Bertz CT molecular complexity index is 950. The average Bonchev–Trinajstić information content (AvgIpc) is 2.75. The fourth-order valence-electron chi connectivity index (χ4n) is 5.78. The quantitative estimate of drug-likeness (QED) is 0.841. The van der Waals surface area contributed by atoms with Crippen LogP contribution in [0.3, 0.4) is 0 Å². The van der Waals surface area contributed by atoms with Gasteiger partial charge in [0, 0.05) is 48.7 Å². The van der Waals surface area contributed by atoms with E-state index in [1.54, 1.807) is 0 Å². The molecule has 3 aliphatic rings. The number of hydrogen-bond acceptors (Lipinski definition) is 6. The molecule has 1 amide bonds. The minimum absolute atomic E-state index is 0.0304. The molecule has 0 radical (unpaired) electrons. The number of carbonyl (C=O) groups excluding carboxylic acids is 1. The molecule has 0 unspecified atom stereocenters. The molecular weight excluding hydrogens is 378 g/mol. The van der Waals surface area contributed by atoms with Gasteiger partial charge in [0.15, 0.2) is 0 Å². The zero-order valence-electron chi connectivity index (χ0n) is 17.7. The van der Waals surface area contributed by atoms with E-state index < -0.39 is 0 Å². The van der Waals surface area contributed by atoms with Crippen molar-refractivity contribution in [3.05, 3.63) is 35.8 Å². The Morgan fingerprint density at radius 1 is 1.13 bits per heavy atom. The van der Waals surface area contributed by atoms with Crippen molar-refractivity contribution in [1.82, 2.24) is 19.9 Å². The minimum Gasteiger partial charge on any atom is -0.394 e. The van der Waals surface area contributed by atoms with E-state index >= 15 is 0 Å². The molecule has 2 bridgehead atoms. The summed E-state index contributed by atoms with van der Waals surface area (Å²) in [5, 5.41) is 10.1. The van der Waals surface area contributed by atoms with Gasteiger partial charge in [0.1, 0.15) is 0 Å². The third-order valence-corrected chi connectivity index (χ3v) is 7.11. The first-order valence-corrected chi connectivity index (χ1v) is 11.0. The molecule has 3 fully saturated rings. The number of carbonyl (C=O) groups is 1. The van der Waals surface area contributed by atoms with Crippen LogP contribution >= 0.6 is 0 Å². The Kier molecular flexibility index (Phi) is 4.93. The first kappa shape index (κ1) is 19.4. The van der Waals surface area contributed by atoms with Crippen molar-refractivity contribution in [1.29, 1.82) is 0 Å². The number of anilines is 1. The second kappa shape index (κ2) is 7.61. The highest BCUT2D eigenvalue weighted by molar-refractivity contribution is 5.78. The number of aliphatic hydroxyl groups is 1. The summed E-state index contributed by atoms with van der Waals surface area (Å²) in [4.78, 5) is 30.9. The van der Waals surface area contributed by atoms with Gasteiger partial charge in [-0.05, 0) is 63.1 Å². The Morgan fingerprint density at radius 3 is 2.77 bits per heavy atom. The predicted octanol–water partition coefficient (Wildman–Crippen LogP) is 2.35. The average molecular weight is 408 g/mol. The summed E-state index contributed by atoms with van der Waals surface area (Å²) in [5.74, 6) is 1.61. The van der Waals surface area contributed by atoms with Gasteiger partial charge in [-0.25, -0.2) is 9.97 Å². The van der Waals surface area contributed by atoms with Crippen molar-refractivity contribution >= 4 is 11.9 Å². The van der Waals surface area contributed by atoms with Crippen LogP contribution in [0.1, 0.15) is 37.1 Å². The lowest BCUT2D eigenvalue weighted by molar-refractivity contribution is -0.150. The SMILES string of the molecule is Cc1ccc(-c2ccnc(N3C[C@H]4C[C@@H](C3)[C@H](CO)N3C(=O)CCC[C@@H]43)n2)c(C)n1. The summed E-state index contributed by atoms with van der Waals surface area (Å²) in [7, 11) is 0. The monoisotopic (exact) mass is 407 g/mol. The number of aliphatic hydroxyl groups excluding tert-OH is 1. The van der Waals surface area contributed by atoms with Gasteiger partial charge in [0.25, 0.3) is 0 Å². The summed E-state index contributed by atoms with van der Waals surface area (Å²) < 4.78 is 0. The Morgan fingerprint density at radius 2 is 1.97 bits per heavy atom. The van der Waals surface area contributed by atoms with Crippen LogP contribution in [-0.2, 0) is 4.79 Å². The fourth-order valence-corrected chi connectivity index (χ4v) is 5.78. The van der Waals surface area contributed by atoms with E-state index in [-0.39, 0.29) is 30.5 Å². The van der Waals surface area contributed by atoms with Crippen LogP contribution in [0.2, 0.25) is 0 Å². The van der Waals surface area contributed by atoms with Gasteiger partial charge in [-0.2, -0.15) is 0 Å². The lowest BCUT2D eigenvalue weighted by atomic mass is 9.72. The van der Waals surface area contributed by atoms with Crippen molar-refractivity contribution in [2.75, 3.05) is 24.6 Å². The Labute approximate surface area is 177 Å². The number of aryl methyl sites for hydroxylation is 2. The van der Waals surface area contributed by atoms with Gasteiger partial charge < -0.3 is 14.9 Å². The summed E-state index contributed by atoms with van der Waals surface area (Å²) in [6.07, 6.45) is 5.48. The molecule has 4 atom stereocenters. The van der Waals surface area contributed by atoms with E-state index in [0.29, 0.717) is 12.3 Å². The van der Waals surface area contributed by atoms with E-state index in [2.05, 4.69) is 20.9 Å². The maximum absolute atomic E-state index is 12.6. The third kappa shape index (κ3) is 3.25. The number of amides is 1. The molecule has 0 saturated carbocycles. The number of fused-ring (bicyclic) bond motifs is 4. The van der Waals surface area contributed by atoms with Crippen LogP contribution < -0.4 is 4.90 Å². The topological polar surface area (TPSA) is 82.5 Å². The molecular formula is C23H29N5O2. The van der Waals surface area contributed by atoms with E-state index in [9.17, 15) is 9.90 Å². The summed E-state index contributed by atoms with van der Waals surface area (Å²) >= 11 is 0. The van der Waals surface area contributed by atoms with Crippen LogP contribution in [0, 0.1) is 25.7 Å². The van der Waals surface area contributed by atoms with E-state index in [0.717, 1.165) is 60.9 Å².